The summed E-state index contributed by atoms with van der Waals surface area (Å²) in [6, 6.07) is 1.51. The zero-order valence-corrected chi connectivity index (χ0v) is 7.68. The fourth-order valence-electron chi connectivity index (χ4n) is 0.949. The maximum Gasteiger partial charge on any atom is 0.241 e. The van der Waals surface area contributed by atoms with Crippen molar-refractivity contribution in [2.24, 2.45) is 0 Å². The van der Waals surface area contributed by atoms with Gasteiger partial charge in [0.25, 0.3) is 0 Å². The zero-order valence-electron chi connectivity index (χ0n) is 6.92. The molecule has 0 spiro atoms. The molecule has 0 saturated heterocycles. The van der Waals surface area contributed by atoms with Crippen LogP contribution >= 0.6 is 11.6 Å². The summed E-state index contributed by atoms with van der Waals surface area (Å²) in [6.45, 7) is 0. The standard InChI is InChI=1S/C6H6ClN7/c7-3-1-4(11-2-10-3)14-6(9)12-5(8)13-14/h1-2H,(H4,8,9,12,13). The number of rotatable bonds is 1. The van der Waals surface area contributed by atoms with Gasteiger partial charge < -0.3 is 11.5 Å². The number of aromatic nitrogens is 5. The van der Waals surface area contributed by atoms with Gasteiger partial charge in [-0.1, -0.05) is 11.6 Å². The lowest BCUT2D eigenvalue weighted by Crippen LogP contribution is -2.04. The summed E-state index contributed by atoms with van der Waals surface area (Å²) in [4.78, 5) is 11.4. The van der Waals surface area contributed by atoms with E-state index in [1.807, 2.05) is 0 Å². The molecule has 0 fully saturated rings. The highest BCUT2D eigenvalue weighted by atomic mass is 35.5. The number of nitrogen functional groups attached to an aromatic ring is 2. The van der Waals surface area contributed by atoms with Crippen LogP contribution in [0.3, 0.4) is 0 Å². The molecule has 2 rings (SSSR count). The molecule has 14 heavy (non-hydrogen) atoms. The highest BCUT2D eigenvalue weighted by molar-refractivity contribution is 6.29. The van der Waals surface area contributed by atoms with Crippen LogP contribution < -0.4 is 11.5 Å². The molecule has 0 aromatic carbocycles. The Bertz CT molecular complexity index is 465. The molecule has 0 aliphatic carbocycles. The third kappa shape index (κ3) is 1.44. The van der Waals surface area contributed by atoms with Crippen molar-refractivity contribution in [3.8, 4) is 5.82 Å². The first-order valence-electron chi connectivity index (χ1n) is 3.63. The molecule has 0 bridgehead atoms. The SMILES string of the molecule is Nc1nc(N)n(-c2cc(Cl)ncn2)n1. The first-order chi connectivity index (χ1) is 6.66. The Labute approximate surface area is 83.7 Å². The summed E-state index contributed by atoms with van der Waals surface area (Å²) in [6.07, 6.45) is 1.30. The Balaban J connectivity index is 2.54. The van der Waals surface area contributed by atoms with Crippen molar-refractivity contribution in [3.63, 3.8) is 0 Å². The molecule has 4 N–H and O–H groups in total. The number of nitrogens with two attached hydrogens (primary N) is 2. The Kier molecular flexibility index (Phi) is 1.93. The molecule has 0 aliphatic rings. The van der Waals surface area contributed by atoms with Crippen LogP contribution in [0.4, 0.5) is 11.9 Å². The lowest BCUT2D eigenvalue weighted by Gasteiger charge is -1.99. The van der Waals surface area contributed by atoms with E-state index >= 15 is 0 Å². The predicted octanol–water partition coefficient (Wildman–Crippen LogP) is -0.125. The molecule has 2 aromatic heterocycles. The number of hydrogen-bond acceptors (Lipinski definition) is 6. The van der Waals surface area contributed by atoms with Gasteiger partial charge in [-0.2, -0.15) is 9.67 Å². The summed E-state index contributed by atoms with van der Waals surface area (Å²) < 4.78 is 1.28. The molecule has 0 saturated carbocycles. The fourth-order valence-corrected chi connectivity index (χ4v) is 1.09. The summed E-state index contributed by atoms with van der Waals surface area (Å²) in [5.74, 6) is 0.654. The lowest BCUT2D eigenvalue weighted by molar-refractivity contribution is 0.852. The molecule has 0 radical (unpaired) electrons. The molecule has 7 nitrogen and oxygen atoms in total. The van der Waals surface area contributed by atoms with Gasteiger partial charge in [0.1, 0.15) is 11.5 Å². The normalized spacial score (nSPS) is 10.4. The minimum Gasteiger partial charge on any atom is -0.368 e. The van der Waals surface area contributed by atoms with Gasteiger partial charge in [-0.05, 0) is 0 Å². The van der Waals surface area contributed by atoms with E-state index in [0.29, 0.717) is 11.0 Å². The van der Waals surface area contributed by atoms with Gasteiger partial charge in [0.15, 0.2) is 5.82 Å². The third-order valence-electron chi connectivity index (χ3n) is 1.48. The molecule has 0 unspecified atom stereocenters. The van der Waals surface area contributed by atoms with Gasteiger partial charge in [0.05, 0.1) is 0 Å². The smallest absolute Gasteiger partial charge is 0.241 e. The van der Waals surface area contributed by atoms with Gasteiger partial charge in [0.2, 0.25) is 11.9 Å². The van der Waals surface area contributed by atoms with E-state index in [1.165, 1.54) is 17.1 Å². The number of nitrogens with zero attached hydrogens (tertiary/aromatic N) is 5. The van der Waals surface area contributed by atoms with Gasteiger partial charge in [-0.3, -0.25) is 0 Å². The summed E-state index contributed by atoms with van der Waals surface area (Å²) >= 11 is 5.67. The van der Waals surface area contributed by atoms with Crippen LogP contribution in [0.15, 0.2) is 12.4 Å². The second-order valence-corrected chi connectivity index (χ2v) is 2.83. The first-order valence-corrected chi connectivity index (χ1v) is 4.00. The van der Waals surface area contributed by atoms with Crippen LogP contribution in [0.2, 0.25) is 5.15 Å². The molecular weight excluding hydrogens is 206 g/mol. The van der Waals surface area contributed by atoms with E-state index < -0.39 is 0 Å². The second kappa shape index (κ2) is 3.11. The van der Waals surface area contributed by atoms with Crippen molar-refractivity contribution in [2.75, 3.05) is 11.5 Å². The molecule has 0 aliphatic heterocycles. The minimum absolute atomic E-state index is 0.0808. The Morgan fingerprint density at radius 2 is 2.07 bits per heavy atom. The lowest BCUT2D eigenvalue weighted by atomic mass is 10.6. The average molecular weight is 212 g/mol. The van der Waals surface area contributed by atoms with E-state index in [-0.39, 0.29) is 11.9 Å². The van der Waals surface area contributed by atoms with Gasteiger partial charge >= 0.3 is 0 Å². The van der Waals surface area contributed by atoms with Gasteiger partial charge in [-0.15, -0.1) is 5.10 Å². The van der Waals surface area contributed by atoms with Crippen LogP contribution in [0, 0.1) is 0 Å². The zero-order chi connectivity index (χ0) is 10.1. The van der Waals surface area contributed by atoms with Crippen LogP contribution in [0.25, 0.3) is 5.82 Å². The highest BCUT2D eigenvalue weighted by Crippen LogP contribution is 2.12. The Hall–Kier alpha value is -1.89. The highest BCUT2D eigenvalue weighted by Gasteiger charge is 2.07. The molecule has 72 valence electrons. The fraction of sp³-hybridized carbons (Fsp3) is 0. The Morgan fingerprint density at radius 1 is 1.29 bits per heavy atom. The van der Waals surface area contributed by atoms with Crippen LogP contribution in [-0.2, 0) is 0 Å². The van der Waals surface area contributed by atoms with Crippen LogP contribution in [0.5, 0.6) is 0 Å². The molecule has 8 heteroatoms. The van der Waals surface area contributed by atoms with E-state index in [1.54, 1.807) is 0 Å². The van der Waals surface area contributed by atoms with Crippen LogP contribution in [-0.4, -0.2) is 24.7 Å². The molecule has 0 atom stereocenters. The van der Waals surface area contributed by atoms with E-state index in [4.69, 9.17) is 23.1 Å². The average Bonchev–Trinajstić information content (AvgIpc) is 2.45. The minimum atomic E-state index is 0.0808. The predicted molar refractivity (Wildman–Crippen MR) is 50.8 cm³/mol. The quantitative estimate of drug-likeness (QED) is 0.637. The second-order valence-electron chi connectivity index (χ2n) is 2.44. The molecule has 0 amide bonds. The van der Waals surface area contributed by atoms with Crippen molar-refractivity contribution >= 4 is 23.5 Å². The third-order valence-corrected chi connectivity index (χ3v) is 1.69. The first kappa shape index (κ1) is 8.70. The maximum atomic E-state index is 5.67. The summed E-state index contributed by atoms with van der Waals surface area (Å²) in [7, 11) is 0. The van der Waals surface area contributed by atoms with E-state index in [0.717, 1.165) is 0 Å². The monoisotopic (exact) mass is 211 g/mol. The number of halogens is 1. The molecule has 2 heterocycles. The number of anilines is 2. The van der Waals surface area contributed by atoms with Crippen molar-refractivity contribution in [1.29, 1.82) is 0 Å². The van der Waals surface area contributed by atoms with Crippen LogP contribution in [0.1, 0.15) is 0 Å². The topological polar surface area (TPSA) is 109 Å². The van der Waals surface area contributed by atoms with Crippen molar-refractivity contribution in [3.05, 3.63) is 17.5 Å². The largest absolute Gasteiger partial charge is 0.368 e. The maximum absolute atomic E-state index is 5.67. The van der Waals surface area contributed by atoms with Crippen molar-refractivity contribution in [1.82, 2.24) is 24.7 Å². The molecular formula is C6H6ClN7. The van der Waals surface area contributed by atoms with Gasteiger partial charge in [-0.25, -0.2) is 9.97 Å². The van der Waals surface area contributed by atoms with E-state index in [9.17, 15) is 0 Å². The Morgan fingerprint density at radius 3 is 2.64 bits per heavy atom. The summed E-state index contributed by atoms with van der Waals surface area (Å²) in [5.41, 5.74) is 10.9. The van der Waals surface area contributed by atoms with Crippen molar-refractivity contribution in [2.45, 2.75) is 0 Å². The van der Waals surface area contributed by atoms with Crippen molar-refractivity contribution < 1.29 is 0 Å². The van der Waals surface area contributed by atoms with Gasteiger partial charge in [0, 0.05) is 6.07 Å². The summed E-state index contributed by atoms with van der Waals surface area (Å²) in [5, 5.41) is 4.13. The number of hydrogen-bond donors (Lipinski definition) is 2. The molecule has 2 aromatic rings. The van der Waals surface area contributed by atoms with E-state index in [2.05, 4.69) is 20.1 Å².